The van der Waals surface area contributed by atoms with Gasteiger partial charge in [0.2, 0.25) is 0 Å². The average molecular weight is 399 g/mol. The Hall–Kier alpha value is -2.41. The number of aromatic amines is 1. The summed E-state index contributed by atoms with van der Waals surface area (Å²) in [5.41, 5.74) is 1.43. The molecule has 2 aliphatic rings. The highest BCUT2D eigenvalue weighted by Crippen LogP contribution is 2.35. The lowest BCUT2D eigenvalue weighted by Crippen LogP contribution is -2.50. The van der Waals surface area contributed by atoms with Crippen molar-refractivity contribution >= 4 is 6.09 Å². The molecule has 29 heavy (non-hydrogen) atoms. The number of piperidine rings is 1. The monoisotopic (exact) mass is 398 g/mol. The lowest BCUT2D eigenvalue weighted by Gasteiger charge is -2.40. The zero-order valence-electron chi connectivity index (χ0n) is 17.0. The summed E-state index contributed by atoms with van der Waals surface area (Å²) >= 11 is 0. The zero-order valence-corrected chi connectivity index (χ0v) is 17.0. The van der Waals surface area contributed by atoms with Crippen LogP contribution in [0.3, 0.4) is 0 Å². The molecule has 1 saturated carbocycles. The number of carbonyl (C=O) groups excluding carboxylic acids is 1. The van der Waals surface area contributed by atoms with E-state index in [2.05, 4.69) is 45.5 Å². The summed E-state index contributed by atoms with van der Waals surface area (Å²) in [4.78, 5) is 18.5. The van der Waals surface area contributed by atoms with E-state index in [-0.39, 0.29) is 24.2 Å². The smallest absolute Gasteiger partial charge is 0.409 e. The molecule has 2 aromatic rings. The number of hydrogen-bond acceptors (Lipinski definition) is 5. The molecule has 0 unspecified atom stereocenters. The van der Waals surface area contributed by atoms with Crippen molar-refractivity contribution in [1.29, 1.82) is 0 Å². The van der Waals surface area contributed by atoms with Gasteiger partial charge in [-0.1, -0.05) is 30.3 Å². The maximum absolute atomic E-state index is 12.3. The molecule has 1 aromatic carbocycles. The Morgan fingerprint density at radius 3 is 2.66 bits per heavy atom. The van der Waals surface area contributed by atoms with Crippen LogP contribution in [0.4, 0.5) is 4.79 Å². The fraction of sp³-hybridized carbons (Fsp3) is 0.591. The van der Waals surface area contributed by atoms with Crippen LogP contribution in [0.5, 0.6) is 0 Å². The lowest BCUT2D eigenvalue weighted by atomic mass is 9.82. The van der Waals surface area contributed by atoms with Crippen LogP contribution in [-0.4, -0.2) is 58.6 Å². The maximum Gasteiger partial charge on any atom is 0.409 e. The molecule has 0 bridgehead atoms. The van der Waals surface area contributed by atoms with Crippen LogP contribution in [0.2, 0.25) is 0 Å². The van der Waals surface area contributed by atoms with Crippen molar-refractivity contribution in [2.45, 2.75) is 62.5 Å². The molecule has 1 amide bonds. The Bertz CT molecular complexity index is 760. The van der Waals surface area contributed by atoms with E-state index in [1.165, 1.54) is 19.0 Å². The summed E-state index contributed by atoms with van der Waals surface area (Å²) in [5, 5.41) is 6.98. The van der Waals surface area contributed by atoms with Crippen LogP contribution < -0.4 is 0 Å². The number of likely N-dealkylation sites (tertiary alicyclic amines) is 1. The van der Waals surface area contributed by atoms with Gasteiger partial charge in [-0.3, -0.25) is 5.10 Å². The maximum atomic E-state index is 12.3. The van der Waals surface area contributed by atoms with Gasteiger partial charge in [0.15, 0.2) is 0 Å². The molecule has 7 nitrogen and oxygen atoms in total. The second kappa shape index (κ2) is 9.39. The van der Waals surface area contributed by atoms with E-state index in [9.17, 15) is 4.79 Å². The Morgan fingerprint density at radius 1 is 1.17 bits per heavy atom. The standard InChI is InChI=1S/C22H30N4O3/c1-28-22(27)26-13-5-8-19(21-23-15-24-25-21)20(26)14-29-18-11-9-17(10-12-18)16-6-3-2-4-7-16/h2-4,6-7,15,17-20H,5,8-14H2,1H3,(H,23,24,25)/t17-,18+,19-,20-/m0/s1. The van der Waals surface area contributed by atoms with Gasteiger partial charge in [-0.25, -0.2) is 9.78 Å². The Morgan fingerprint density at radius 2 is 1.97 bits per heavy atom. The quantitative estimate of drug-likeness (QED) is 0.827. The number of rotatable bonds is 5. The van der Waals surface area contributed by atoms with Crippen molar-refractivity contribution in [2.75, 3.05) is 20.3 Å². The molecule has 2 atom stereocenters. The number of aromatic nitrogens is 3. The number of H-pyrrole nitrogens is 1. The third-order valence-electron chi connectivity index (χ3n) is 6.42. The van der Waals surface area contributed by atoms with Gasteiger partial charge >= 0.3 is 6.09 Å². The lowest BCUT2D eigenvalue weighted by molar-refractivity contribution is -0.0246. The third kappa shape index (κ3) is 4.61. The Kier molecular flexibility index (Phi) is 6.44. The molecule has 4 rings (SSSR count). The molecule has 0 radical (unpaired) electrons. The van der Waals surface area contributed by atoms with E-state index in [0.717, 1.165) is 44.3 Å². The van der Waals surface area contributed by atoms with Gasteiger partial charge in [0.25, 0.3) is 0 Å². The van der Waals surface area contributed by atoms with Crippen LogP contribution in [0.15, 0.2) is 36.7 Å². The van der Waals surface area contributed by atoms with E-state index in [4.69, 9.17) is 9.47 Å². The molecule has 1 N–H and O–H groups in total. The average Bonchev–Trinajstić information content (AvgIpc) is 3.32. The molecule has 2 fully saturated rings. The molecule has 1 aromatic heterocycles. The van der Waals surface area contributed by atoms with Gasteiger partial charge in [0.05, 0.1) is 25.9 Å². The third-order valence-corrected chi connectivity index (χ3v) is 6.42. The van der Waals surface area contributed by atoms with Crippen molar-refractivity contribution < 1.29 is 14.3 Å². The first-order chi connectivity index (χ1) is 14.3. The van der Waals surface area contributed by atoms with E-state index >= 15 is 0 Å². The van der Waals surface area contributed by atoms with Gasteiger partial charge in [-0.15, -0.1) is 0 Å². The molecular formula is C22H30N4O3. The van der Waals surface area contributed by atoms with Gasteiger partial charge in [-0.2, -0.15) is 5.10 Å². The number of nitrogens with one attached hydrogen (secondary N) is 1. The van der Waals surface area contributed by atoms with E-state index in [0.29, 0.717) is 19.1 Å². The van der Waals surface area contributed by atoms with Crippen LogP contribution >= 0.6 is 0 Å². The van der Waals surface area contributed by atoms with E-state index in [1.807, 2.05) is 0 Å². The first kappa shape index (κ1) is 19.9. The Labute approximate surface area is 171 Å². The van der Waals surface area contributed by atoms with Crippen molar-refractivity contribution in [1.82, 2.24) is 20.1 Å². The second-order valence-electron chi connectivity index (χ2n) is 8.07. The number of benzene rings is 1. The van der Waals surface area contributed by atoms with Gasteiger partial charge in [-0.05, 0) is 50.0 Å². The number of amides is 1. The first-order valence-corrected chi connectivity index (χ1v) is 10.6. The molecule has 156 valence electrons. The van der Waals surface area contributed by atoms with E-state index in [1.54, 1.807) is 4.90 Å². The van der Waals surface area contributed by atoms with Gasteiger partial charge in [0, 0.05) is 12.5 Å². The minimum Gasteiger partial charge on any atom is -0.453 e. The number of hydrogen-bond donors (Lipinski definition) is 1. The number of ether oxygens (including phenoxy) is 2. The summed E-state index contributed by atoms with van der Waals surface area (Å²) in [6.45, 7) is 1.19. The molecule has 1 aliphatic heterocycles. The summed E-state index contributed by atoms with van der Waals surface area (Å²) in [6.07, 6.45) is 7.74. The molecule has 7 heteroatoms. The largest absolute Gasteiger partial charge is 0.453 e. The molecule has 1 saturated heterocycles. The molecule has 1 aliphatic carbocycles. The number of methoxy groups -OCH3 is 1. The fourth-order valence-electron chi connectivity index (χ4n) is 4.84. The zero-order chi connectivity index (χ0) is 20.1. The highest BCUT2D eigenvalue weighted by atomic mass is 16.5. The number of carbonyl (C=O) groups is 1. The topological polar surface area (TPSA) is 80.3 Å². The van der Waals surface area contributed by atoms with Crippen molar-refractivity contribution in [3.05, 3.63) is 48.0 Å². The molecular weight excluding hydrogens is 368 g/mol. The highest BCUT2D eigenvalue weighted by Gasteiger charge is 2.38. The SMILES string of the molecule is COC(=O)N1CCC[C@H](c2ncn[nH]2)[C@@H]1CO[C@H]1CC[C@@H](c2ccccc2)CC1. The van der Waals surface area contributed by atoms with Crippen LogP contribution in [0, 0.1) is 0 Å². The summed E-state index contributed by atoms with van der Waals surface area (Å²) in [7, 11) is 1.43. The Balaban J connectivity index is 1.37. The predicted octanol–water partition coefficient (Wildman–Crippen LogP) is 3.86. The molecule has 2 heterocycles. The summed E-state index contributed by atoms with van der Waals surface area (Å²) < 4.78 is 11.4. The van der Waals surface area contributed by atoms with Crippen molar-refractivity contribution in [3.8, 4) is 0 Å². The van der Waals surface area contributed by atoms with Gasteiger partial charge in [0.1, 0.15) is 12.2 Å². The summed E-state index contributed by atoms with van der Waals surface area (Å²) in [5.74, 6) is 1.53. The second-order valence-corrected chi connectivity index (χ2v) is 8.07. The fourth-order valence-corrected chi connectivity index (χ4v) is 4.84. The minimum atomic E-state index is -0.296. The minimum absolute atomic E-state index is 0.0870. The van der Waals surface area contributed by atoms with E-state index < -0.39 is 0 Å². The van der Waals surface area contributed by atoms with Gasteiger partial charge < -0.3 is 14.4 Å². The first-order valence-electron chi connectivity index (χ1n) is 10.6. The number of nitrogens with zero attached hydrogens (tertiary/aromatic N) is 3. The summed E-state index contributed by atoms with van der Waals surface area (Å²) in [6, 6.07) is 10.7. The molecule has 0 spiro atoms. The van der Waals surface area contributed by atoms with Crippen LogP contribution in [0.1, 0.15) is 61.7 Å². The normalized spacial score (nSPS) is 27.6. The van der Waals surface area contributed by atoms with Crippen LogP contribution in [0.25, 0.3) is 0 Å². The van der Waals surface area contributed by atoms with Crippen LogP contribution in [-0.2, 0) is 9.47 Å². The van der Waals surface area contributed by atoms with Crippen molar-refractivity contribution in [2.24, 2.45) is 0 Å². The predicted molar refractivity (Wildman–Crippen MR) is 109 cm³/mol. The highest BCUT2D eigenvalue weighted by molar-refractivity contribution is 5.68. The van der Waals surface area contributed by atoms with Crippen molar-refractivity contribution in [3.63, 3.8) is 0 Å².